The van der Waals surface area contributed by atoms with E-state index < -0.39 is 0 Å². The minimum Gasteiger partial charge on any atom is -0.181 e. The number of rotatable bonds is 0. The Labute approximate surface area is 60.4 Å². The van der Waals surface area contributed by atoms with E-state index in [9.17, 15) is 0 Å². The van der Waals surface area contributed by atoms with Crippen molar-refractivity contribution in [2.45, 2.75) is 6.92 Å². The second-order valence-corrected chi connectivity index (χ2v) is 1.55. The molecule has 0 saturated carbocycles. The van der Waals surface area contributed by atoms with E-state index in [0.29, 0.717) is 0 Å². The Morgan fingerprint density at radius 3 is 2.38 bits per heavy atom. The summed E-state index contributed by atoms with van der Waals surface area (Å²) in [4.78, 5) is 0. The molecule has 0 heterocycles. The standard InChI is InChI=1S/C7H7.Cu/c1-7-5-3-2-4-6-7;/h2-5H,1H3;/q-1;+1. The fourth-order valence-electron chi connectivity index (χ4n) is 0.483. The van der Waals surface area contributed by atoms with Crippen molar-refractivity contribution in [2.24, 2.45) is 0 Å². The number of hydrogen-bond donors (Lipinski definition) is 0. The monoisotopic (exact) mass is 154 g/mol. The van der Waals surface area contributed by atoms with Gasteiger partial charge in [-0.05, 0) is 0 Å². The van der Waals surface area contributed by atoms with Gasteiger partial charge in [0.15, 0.2) is 0 Å². The summed E-state index contributed by atoms with van der Waals surface area (Å²) < 4.78 is 0. The van der Waals surface area contributed by atoms with Crippen molar-refractivity contribution in [3.05, 3.63) is 35.9 Å². The molecule has 0 atom stereocenters. The molecule has 0 fully saturated rings. The van der Waals surface area contributed by atoms with Crippen LogP contribution >= 0.6 is 0 Å². The Bertz CT molecular complexity index is 134. The molecule has 8 heavy (non-hydrogen) atoms. The van der Waals surface area contributed by atoms with Crippen molar-refractivity contribution in [2.75, 3.05) is 0 Å². The molecule has 0 bridgehead atoms. The zero-order valence-corrected chi connectivity index (χ0v) is 5.55. The fourth-order valence-corrected chi connectivity index (χ4v) is 0.483. The molecule has 0 aliphatic rings. The molecular formula is C7H7Cu. The topological polar surface area (TPSA) is 0 Å². The first-order valence-electron chi connectivity index (χ1n) is 2.33. The van der Waals surface area contributed by atoms with Gasteiger partial charge in [0.2, 0.25) is 0 Å². The Kier molecular flexibility index (Phi) is 3.59. The van der Waals surface area contributed by atoms with Crippen LogP contribution in [0.2, 0.25) is 0 Å². The summed E-state index contributed by atoms with van der Waals surface area (Å²) in [5.41, 5.74) is 1.20. The molecular weight excluding hydrogens is 148 g/mol. The summed E-state index contributed by atoms with van der Waals surface area (Å²) in [5, 5.41) is 0. The maximum absolute atomic E-state index is 3.03. The van der Waals surface area contributed by atoms with Crippen LogP contribution in [-0.4, -0.2) is 0 Å². The third-order valence-electron chi connectivity index (χ3n) is 0.865. The minimum absolute atomic E-state index is 0. The van der Waals surface area contributed by atoms with Gasteiger partial charge in [-0.2, -0.15) is 35.9 Å². The predicted molar refractivity (Wildman–Crippen MR) is 30.0 cm³/mol. The third-order valence-corrected chi connectivity index (χ3v) is 0.865. The van der Waals surface area contributed by atoms with Gasteiger partial charge >= 0.3 is 17.1 Å². The van der Waals surface area contributed by atoms with Gasteiger partial charge in [-0.1, -0.05) is 6.92 Å². The van der Waals surface area contributed by atoms with Gasteiger partial charge in [-0.3, -0.25) is 0 Å². The van der Waals surface area contributed by atoms with E-state index in [1.807, 2.05) is 31.2 Å². The molecule has 0 radical (unpaired) electrons. The van der Waals surface area contributed by atoms with Crippen molar-refractivity contribution in [1.82, 2.24) is 0 Å². The first kappa shape index (κ1) is 7.74. The Balaban J connectivity index is 0.000000490. The van der Waals surface area contributed by atoms with Gasteiger partial charge in [0.25, 0.3) is 0 Å². The average molecular weight is 155 g/mol. The fraction of sp³-hybridized carbons (Fsp3) is 0.143. The largest absolute Gasteiger partial charge is 1.00 e. The summed E-state index contributed by atoms with van der Waals surface area (Å²) in [7, 11) is 0. The summed E-state index contributed by atoms with van der Waals surface area (Å²) >= 11 is 0. The first-order valence-corrected chi connectivity index (χ1v) is 2.33. The molecule has 0 aliphatic heterocycles. The summed E-state index contributed by atoms with van der Waals surface area (Å²) in [6, 6.07) is 10.9. The van der Waals surface area contributed by atoms with E-state index in [-0.39, 0.29) is 17.1 Å². The zero-order valence-electron chi connectivity index (χ0n) is 4.61. The van der Waals surface area contributed by atoms with E-state index >= 15 is 0 Å². The summed E-state index contributed by atoms with van der Waals surface area (Å²) in [5.74, 6) is 0. The van der Waals surface area contributed by atoms with Crippen molar-refractivity contribution in [3.63, 3.8) is 0 Å². The third kappa shape index (κ3) is 2.15. The van der Waals surface area contributed by atoms with Gasteiger partial charge in [0, 0.05) is 0 Å². The van der Waals surface area contributed by atoms with Crippen LogP contribution in [-0.2, 0) is 17.1 Å². The molecule has 1 aromatic rings. The molecule has 46 valence electrons. The maximum atomic E-state index is 3.03. The smallest absolute Gasteiger partial charge is 0.181 e. The Morgan fingerprint density at radius 2 is 2.12 bits per heavy atom. The van der Waals surface area contributed by atoms with Crippen LogP contribution in [0.4, 0.5) is 0 Å². The zero-order chi connectivity index (χ0) is 5.11. The van der Waals surface area contributed by atoms with E-state index in [4.69, 9.17) is 0 Å². The predicted octanol–water partition coefficient (Wildman–Crippen LogP) is 1.79. The van der Waals surface area contributed by atoms with Gasteiger partial charge in [-0.25, -0.2) is 0 Å². The normalized spacial score (nSPS) is 7.62. The molecule has 0 unspecified atom stereocenters. The average Bonchev–Trinajstić information content (AvgIpc) is 1.69. The molecule has 0 aliphatic carbocycles. The minimum atomic E-state index is 0. The summed E-state index contributed by atoms with van der Waals surface area (Å²) in [6.07, 6.45) is 0. The van der Waals surface area contributed by atoms with Crippen molar-refractivity contribution >= 4 is 0 Å². The first-order chi connectivity index (χ1) is 3.39. The van der Waals surface area contributed by atoms with Crippen molar-refractivity contribution in [3.8, 4) is 0 Å². The van der Waals surface area contributed by atoms with Gasteiger partial charge in [0.05, 0.1) is 0 Å². The van der Waals surface area contributed by atoms with Crippen LogP contribution < -0.4 is 0 Å². The Hall–Kier alpha value is -0.261. The van der Waals surface area contributed by atoms with Gasteiger partial charge < -0.3 is 0 Å². The molecule has 1 rings (SSSR count). The molecule has 0 saturated heterocycles. The molecule has 0 spiro atoms. The van der Waals surface area contributed by atoms with E-state index in [1.165, 1.54) is 5.56 Å². The van der Waals surface area contributed by atoms with Crippen LogP contribution in [0.3, 0.4) is 0 Å². The van der Waals surface area contributed by atoms with Gasteiger partial charge in [-0.15, -0.1) is 0 Å². The van der Waals surface area contributed by atoms with E-state index in [1.54, 1.807) is 0 Å². The van der Waals surface area contributed by atoms with Crippen LogP contribution in [0.25, 0.3) is 0 Å². The van der Waals surface area contributed by atoms with Crippen LogP contribution in [0, 0.1) is 13.0 Å². The Morgan fingerprint density at radius 1 is 1.38 bits per heavy atom. The number of hydrogen-bond acceptors (Lipinski definition) is 0. The second-order valence-electron chi connectivity index (χ2n) is 1.55. The molecule has 1 heteroatoms. The van der Waals surface area contributed by atoms with Crippen LogP contribution in [0.1, 0.15) is 5.56 Å². The van der Waals surface area contributed by atoms with Crippen LogP contribution in [0.5, 0.6) is 0 Å². The van der Waals surface area contributed by atoms with Crippen LogP contribution in [0.15, 0.2) is 24.3 Å². The maximum Gasteiger partial charge on any atom is 1.00 e. The van der Waals surface area contributed by atoms with Crippen molar-refractivity contribution < 1.29 is 17.1 Å². The van der Waals surface area contributed by atoms with E-state index in [0.717, 1.165) is 0 Å². The molecule has 0 nitrogen and oxygen atoms in total. The molecule has 1 aromatic carbocycles. The number of aryl methyl sites for hydroxylation is 1. The quantitative estimate of drug-likeness (QED) is 0.395. The second kappa shape index (κ2) is 3.71. The molecule has 0 amide bonds. The number of benzene rings is 1. The molecule has 0 aromatic heterocycles. The van der Waals surface area contributed by atoms with E-state index in [2.05, 4.69) is 6.07 Å². The van der Waals surface area contributed by atoms with Gasteiger partial charge in [0.1, 0.15) is 0 Å². The molecule has 0 N–H and O–H groups in total. The summed E-state index contributed by atoms with van der Waals surface area (Å²) in [6.45, 7) is 2.03. The van der Waals surface area contributed by atoms with Crippen molar-refractivity contribution in [1.29, 1.82) is 0 Å². The SMILES string of the molecule is Cc1[c-]cccc1.[Cu+].